The van der Waals surface area contributed by atoms with Crippen molar-refractivity contribution in [3.05, 3.63) is 23.4 Å². The van der Waals surface area contributed by atoms with Gasteiger partial charge < -0.3 is 5.32 Å². The third-order valence-corrected chi connectivity index (χ3v) is 2.34. The van der Waals surface area contributed by atoms with Crippen molar-refractivity contribution < 1.29 is 4.79 Å². The summed E-state index contributed by atoms with van der Waals surface area (Å²) in [7, 11) is 0. The van der Waals surface area contributed by atoms with E-state index in [2.05, 4.69) is 17.5 Å². The summed E-state index contributed by atoms with van der Waals surface area (Å²) in [5.74, 6) is 0.225. The van der Waals surface area contributed by atoms with E-state index in [1.807, 2.05) is 6.92 Å². The topological polar surface area (TPSA) is 29.1 Å². The number of nitrogens with one attached hydrogen (secondary N) is 1. The smallest absolute Gasteiger partial charge is 0.231 e. The predicted molar refractivity (Wildman–Crippen MR) is 42.7 cm³/mol. The number of allylic oxidation sites excluding steroid dienone is 3. The Balaban J connectivity index is 2.35. The Morgan fingerprint density at radius 2 is 2.45 bits per heavy atom. The molecule has 0 bridgehead atoms. The average Bonchev–Trinajstić information content (AvgIpc) is 2.30. The lowest BCUT2D eigenvalue weighted by molar-refractivity contribution is -0.121. The maximum absolute atomic E-state index is 11.2. The Bertz CT molecular complexity index is 263. The average molecular weight is 149 g/mol. The number of amides is 1. The minimum atomic E-state index is 0.0709. The molecule has 1 unspecified atom stereocenters. The molecule has 0 saturated heterocycles. The first kappa shape index (κ1) is 6.65. The van der Waals surface area contributed by atoms with Gasteiger partial charge in [0.1, 0.15) is 0 Å². The summed E-state index contributed by atoms with van der Waals surface area (Å²) in [5.41, 5.74) is 2.34. The van der Waals surface area contributed by atoms with E-state index in [9.17, 15) is 4.79 Å². The molecule has 0 saturated carbocycles. The van der Waals surface area contributed by atoms with Gasteiger partial charge in [-0.15, -0.1) is 0 Å². The molecule has 2 nitrogen and oxygen atoms in total. The summed E-state index contributed by atoms with van der Waals surface area (Å²) in [4.78, 5) is 11.2. The molecule has 0 radical (unpaired) electrons. The van der Waals surface area contributed by atoms with Crippen LogP contribution in [-0.4, -0.2) is 5.91 Å². The molecule has 1 N–H and O–H groups in total. The summed E-state index contributed by atoms with van der Waals surface area (Å²) < 4.78 is 0. The van der Waals surface area contributed by atoms with Crippen LogP contribution in [0.2, 0.25) is 0 Å². The van der Waals surface area contributed by atoms with Crippen LogP contribution < -0.4 is 5.32 Å². The third-order valence-electron chi connectivity index (χ3n) is 2.34. The molecule has 11 heavy (non-hydrogen) atoms. The molecule has 1 atom stereocenters. The summed E-state index contributed by atoms with van der Waals surface area (Å²) in [6, 6.07) is 0. The molecule has 58 valence electrons. The first-order valence-corrected chi connectivity index (χ1v) is 3.99. The van der Waals surface area contributed by atoms with Gasteiger partial charge in [0.2, 0.25) is 5.91 Å². The second-order valence-corrected chi connectivity index (χ2v) is 3.09. The van der Waals surface area contributed by atoms with E-state index < -0.39 is 0 Å². The van der Waals surface area contributed by atoms with Crippen molar-refractivity contribution in [3.63, 3.8) is 0 Å². The van der Waals surface area contributed by atoms with Gasteiger partial charge in [-0.3, -0.25) is 4.79 Å². The molecule has 2 rings (SSSR count). The number of carbonyl (C=O) groups excluding carboxylic acids is 1. The van der Waals surface area contributed by atoms with Crippen LogP contribution in [0, 0.1) is 5.92 Å². The van der Waals surface area contributed by atoms with Crippen molar-refractivity contribution in [3.8, 4) is 0 Å². The van der Waals surface area contributed by atoms with Crippen molar-refractivity contribution in [2.75, 3.05) is 0 Å². The van der Waals surface area contributed by atoms with Crippen molar-refractivity contribution in [1.82, 2.24) is 5.32 Å². The molecule has 0 aromatic carbocycles. The second kappa shape index (κ2) is 2.22. The normalized spacial score (nSPS) is 28.8. The van der Waals surface area contributed by atoms with E-state index in [0.717, 1.165) is 18.5 Å². The van der Waals surface area contributed by atoms with Crippen molar-refractivity contribution in [1.29, 1.82) is 0 Å². The van der Waals surface area contributed by atoms with E-state index in [1.165, 1.54) is 5.57 Å². The minimum absolute atomic E-state index is 0.0709. The lowest BCUT2D eigenvalue weighted by Gasteiger charge is -2.07. The lowest BCUT2D eigenvalue weighted by Crippen LogP contribution is -2.19. The molecule has 0 spiro atoms. The summed E-state index contributed by atoms with van der Waals surface area (Å²) in [6.45, 7) is 1.95. The fraction of sp³-hybridized carbons (Fsp3) is 0.444. The highest BCUT2D eigenvalue weighted by Crippen LogP contribution is 2.28. The number of rotatable bonds is 0. The highest BCUT2D eigenvalue weighted by Gasteiger charge is 2.28. The Morgan fingerprint density at radius 3 is 3.18 bits per heavy atom. The predicted octanol–water partition coefficient (Wildman–Crippen LogP) is 1.36. The van der Waals surface area contributed by atoms with Crippen LogP contribution in [0.4, 0.5) is 0 Å². The minimum Gasteiger partial charge on any atom is -0.329 e. The molecule has 1 aliphatic heterocycles. The number of hydrogen-bond acceptors (Lipinski definition) is 1. The van der Waals surface area contributed by atoms with Crippen LogP contribution >= 0.6 is 0 Å². The molecule has 0 aromatic heterocycles. The molecule has 1 amide bonds. The largest absolute Gasteiger partial charge is 0.329 e. The van der Waals surface area contributed by atoms with Crippen molar-refractivity contribution in [2.45, 2.75) is 19.8 Å². The molecule has 0 aromatic rings. The molecule has 0 fully saturated rings. The van der Waals surface area contributed by atoms with E-state index in [-0.39, 0.29) is 11.8 Å². The summed E-state index contributed by atoms with van der Waals surface area (Å²) >= 11 is 0. The van der Waals surface area contributed by atoms with E-state index >= 15 is 0 Å². The van der Waals surface area contributed by atoms with Gasteiger partial charge >= 0.3 is 0 Å². The van der Waals surface area contributed by atoms with Crippen molar-refractivity contribution in [2.24, 2.45) is 5.92 Å². The van der Waals surface area contributed by atoms with Gasteiger partial charge in [0.15, 0.2) is 0 Å². The standard InChI is InChI=1S/C9H11NO/c1-6-7-4-2-3-5-8(7)10-9(6)11/h2,4,6H,3,5H2,1H3,(H,10,11). The van der Waals surface area contributed by atoms with Crippen LogP contribution in [0.3, 0.4) is 0 Å². The monoisotopic (exact) mass is 149 g/mol. The zero-order valence-corrected chi connectivity index (χ0v) is 6.55. The first-order valence-electron chi connectivity index (χ1n) is 3.99. The first-order chi connectivity index (χ1) is 5.29. The van der Waals surface area contributed by atoms with Gasteiger partial charge in [0.05, 0.1) is 5.92 Å². The van der Waals surface area contributed by atoms with Gasteiger partial charge in [-0.05, 0) is 25.3 Å². The second-order valence-electron chi connectivity index (χ2n) is 3.09. The van der Waals surface area contributed by atoms with Crippen LogP contribution in [0.1, 0.15) is 19.8 Å². The van der Waals surface area contributed by atoms with E-state index in [1.54, 1.807) is 0 Å². The highest BCUT2D eigenvalue weighted by atomic mass is 16.2. The van der Waals surface area contributed by atoms with Crippen LogP contribution in [0.15, 0.2) is 23.4 Å². The van der Waals surface area contributed by atoms with E-state index in [0.29, 0.717) is 0 Å². The fourth-order valence-corrected chi connectivity index (χ4v) is 1.62. The van der Waals surface area contributed by atoms with Gasteiger partial charge in [-0.2, -0.15) is 0 Å². The maximum Gasteiger partial charge on any atom is 0.231 e. The quantitative estimate of drug-likeness (QED) is 0.553. The molecule has 2 heteroatoms. The number of carbonyl (C=O) groups is 1. The SMILES string of the molecule is CC1C(=O)NC2=C1C=CCC2. The Hall–Kier alpha value is -1.05. The van der Waals surface area contributed by atoms with Gasteiger partial charge in [-0.25, -0.2) is 0 Å². The zero-order valence-electron chi connectivity index (χ0n) is 6.55. The third kappa shape index (κ3) is 0.897. The highest BCUT2D eigenvalue weighted by molar-refractivity contribution is 5.87. The fourth-order valence-electron chi connectivity index (χ4n) is 1.62. The van der Waals surface area contributed by atoms with Crippen molar-refractivity contribution >= 4 is 5.91 Å². The zero-order chi connectivity index (χ0) is 7.84. The van der Waals surface area contributed by atoms with Crippen LogP contribution in [-0.2, 0) is 4.79 Å². The molecular formula is C9H11NO. The molecular weight excluding hydrogens is 138 g/mol. The van der Waals surface area contributed by atoms with Gasteiger partial charge in [-0.1, -0.05) is 12.2 Å². The van der Waals surface area contributed by atoms with Crippen LogP contribution in [0.5, 0.6) is 0 Å². The van der Waals surface area contributed by atoms with Gasteiger partial charge in [0, 0.05) is 5.70 Å². The Labute approximate surface area is 66.0 Å². The molecule has 1 aliphatic carbocycles. The summed E-state index contributed by atoms with van der Waals surface area (Å²) in [6.07, 6.45) is 6.27. The van der Waals surface area contributed by atoms with Crippen LogP contribution in [0.25, 0.3) is 0 Å². The molecule has 1 heterocycles. The van der Waals surface area contributed by atoms with Gasteiger partial charge in [0.25, 0.3) is 0 Å². The summed E-state index contributed by atoms with van der Waals surface area (Å²) in [5, 5.41) is 2.90. The Kier molecular flexibility index (Phi) is 1.34. The Morgan fingerprint density at radius 1 is 1.64 bits per heavy atom. The number of hydrogen-bond donors (Lipinski definition) is 1. The maximum atomic E-state index is 11.2. The molecule has 2 aliphatic rings. The lowest BCUT2D eigenvalue weighted by atomic mass is 9.97. The van der Waals surface area contributed by atoms with E-state index in [4.69, 9.17) is 0 Å².